The van der Waals surface area contributed by atoms with Gasteiger partial charge in [0.25, 0.3) is 0 Å². The minimum atomic E-state index is -0.199. The summed E-state index contributed by atoms with van der Waals surface area (Å²) in [7, 11) is 0. The van der Waals surface area contributed by atoms with Gasteiger partial charge in [-0.15, -0.1) is 22.7 Å². The maximum absolute atomic E-state index is 6.61. The first kappa shape index (κ1) is 13.7. The lowest BCUT2D eigenvalue weighted by Gasteiger charge is -2.35. The SMILES string of the molecule is CC1CCCC(N)(c2nc(-c3ccc(Br)s3)cs2)C1. The number of thiophene rings is 1. The molecule has 0 aliphatic heterocycles. The Labute approximate surface area is 130 Å². The Morgan fingerprint density at radius 2 is 2.32 bits per heavy atom. The summed E-state index contributed by atoms with van der Waals surface area (Å²) in [5.41, 5.74) is 7.48. The largest absolute Gasteiger partial charge is 0.319 e. The molecular weight excluding hydrogens is 340 g/mol. The van der Waals surface area contributed by atoms with Crippen molar-refractivity contribution in [3.05, 3.63) is 26.3 Å². The smallest absolute Gasteiger partial charge is 0.113 e. The lowest BCUT2D eigenvalue weighted by Crippen LogP contribution is -2.40. The van der Waals surface area contributed by atoms with Crippen molar-refractivity contribution in [1.29, 1.82) is 0 Å². The number of hydrogen-bond donors (Lipinski definition) is 1. The Kier molecular flexibility index (Phi) is 3.82. The summed E-state index contributed by atoms with van der Waals surface area (Å²) in [6, 6.07) is 4.18. The summed E-state index contributed by atoms with van der Waals surface area (Å²) in [6.07, 6.45) is 4.65. The van der Waals surface area contributed by atoms with Gasteiger partial charge in [0.15, 0.2) is 0 Å². The highest BCUT2D eigenvalue weighted by Gasteiger charge is 2.35. The zero-order valence-corrected chi connectivity index (χ0v) is 14.1. The Morgan fingerprint density at radius 1 is 1.47 bits per heavy atom. The van der Waals surface area contributed by atoms with Crippen LogP contribution in [0, 0.1) is 5.92 Å². The van der Waals surface area contributed by atoms with E-state index in [0.29, 0.717) is 5.92 Å². The molecule has 2 unspecified atom stereocenters. The fourth-order valence-electron chi connectivity index (χ4n) is 2.85. The van der Waals surface area contributed by atoms with Crippen molar-refractivity contribution in [1.82, 2.24) is 4.98 Å². The monoisotopic (exact) mass is 356 g/mol. The molecule has 0 radical (unpaired) electrons. The number of nitrogens with two attached hydrogens (primary N) is 1. The van der Waals surface area contributed by atoms with E-state index in [4.69, 9.17) is 10.7 Å². The van der Waals surface area contributed by atoms with Gasteiger partial charge in [0, 0.05) is 5.38 Å². The van der Waals surface area contributed by atoms with Crippen LogP contribution in [0.4, 0.5) is 0 Å². The second-order valence-electron chi connectivity index (χ2n) is 5.50. The quantitative estimate of drug-likeness (QED) is 0.822. The van der Waals surface area contributed by atoms with Gasteiger partial charge in [-0.05, 0) is 46.8 Å². The van der Waals surface area contributed by atoms with Crippen LogP contribution in [0.1, 0.15) is 37.6 Å². The molecule has 0 amide bonds. The van der Waals surface area contributed by atoms with Gasteiger partial charge in [0.05, 0.1) is 19.9 Å². The normalized spacial score (nSPS) is 27.6. The molecule has 1 fully saturated rings. The minimum Gasteiger partial charge on any atom is -0.319 e. The summed E-state index contributed by atoms with van der Waals surface area (Å²) < 4.78 is 1.14. The van der Waals surface area contributed by atoms with Gasteiger partial charge in [0.2, 0.25) is 0 Å². The van der Waals surface area contributed by atoms with Crippen LogP contribution in [-0.4, -0.2) is 4.98 Å². The maximum Gasteiger partial charge on any atom is 0.113 e. The summed E-state index contributed by atoms with van der Waals surface area (Å²) in [5, 5.41) is 3.25. The number of aromatic nitrogens is 1. The number of rotatable bonds is 2. The lowest BCUT2D eigenvalue weighted by atomic mass is 9.77. The second kappa shape index (κ2) is 5.28. The highest BCUT2D eigenvalue weighted by atomic mass is 79.9. The third-order valence-electron chi connectivity index (χ3n) is 3.79. The van der Waals surface area contributed by atoms with Crippen molar-refractivity contribution >= 4 is 38.6 Å². The zero-order chi connectivity index (χ0) is 13.5. The number of hydrogen-bond acceptors (Lipinski definition) is 4. The molecule has 102 valence electrons. The molecule has 1 saturated carbocycles. The predicted molar refractivity (Wildman–Crippen MR) is 86.6 cm³/mol. The molecular formula is C14H17BrN2S2. The molecule has 0 aromatic carbocycles. The van der Waals surface area contributed by atoms with E-state index in [-0.39, 0.29) is 5.54 Å². The molecule has 0 bridgehead atoms. The van der Waals surface area contributed by atoms with Gasteiger partial charge in [-0.1, -0.05) is 19.8 Å². The molecule has 2 N–H and O–H groups in total. The fourth-order valence-corrected chi connectivity index (χ4v) is 5.25. The Balaban J connectivity index is 1.88. The molecule has 1 aliphatic rings. The van der Waals surface area contributed by atoms with Crippen LogP contribution in [0.2, 0.25) is 0 Å². The van der Waals surface area contributed by atoms with Crippen molar-refractivity contribution in [3.63, 3.8) is 0 Å². The van der Waals surface area contributed by atoms with E-state index in [2.05, 4.69) is 40.4 Å². The van der Waals surface area contributed by atoms with Crippen LogP contribution in [-0.2, 0) is 5.54 Å². The van der Waals surface area contributed by atoms with Gasteiger partial charge in [-0.3, -0.25) is 0 Å². The standard InChI is InChI=1S/C14H17BrN2S2/c1-9-3-2-6-14(16,7-9)13-17-10(8-18-13)11-4-5-12(15)19-11/h4-5,8-9H,2-3,6-7,16H2,1H3. The van der Waals surface area contributed by atoms with E-state index >= 15 is 0 Å². The third kappa shape index (κ3) is 2.79. The van der Waals surface area contributed by atoms with Gasteiger partial charge < -0.3 is 5.73 Å². The molecule has 3 rings (SSSR count). The first-order valence-electron chi connectivity index (χ1n) is 6.57. The molecule has 2 aromatic rings. The first-order valence-corrected chi connectivity index (χ1v) is 9.06. The maximum atomic E-state index is 6.61. The Bertz CT molecular complexity index is 578. The molecule has 2 aromatic heterocycles. The number of nitrogens with zero attached hydrogens (tertiary/aromatic N) is 1. The third-order valence-corrected chi connectivity index (χ3v) is 6.50. The van der Waals surface area contributed by atoms with E-state index in [9.17, 15) is 0 Å². The zero-order valence-electron chi connectivity index (χ0n) is 10.9. The minimum absolute atomic E-state index is 0.199. The highest BCUT2D eigenvalue weighted by molar-refractivity contribution is 9.11. The molecule has 5 heteroatoms. The van der Waals surface area contributed by atoms with E-state index in [1.54, 1.807) is 22.7 Å². The molecule has 0 spiro atoms. The van der Waals surface area contributed by atoms with Crippen LogP contribution in [0.15, 0.2) is 21.3 Å². The summed E-state index contributed by atoms with van der Waals surface area (Å²) in [5.74, 6) is 0.710. The fraction of sp³-hybridized carbons (Fsp3) is 0.500. The lowest BCUT2D eigenvalue weighted by molar-refractivity contribution is 0.238. The average Bonchev–Trinajstić information content (AvgIpc) is 2.96. The van der Waals surface area contributed by atoms with Gasteiger partial charge in [-0.2, -0.15) is 0 Å². The Hall–Kier alpha value is -0.230. The molecule has 2 nitrogen and oxygen atoms in total. The molecule has 2 heterocycles. The van der Waals surface area contributed by atoms with Gasteiger partial charge in [-0.25, -0.2) is 4.98 Å². The van der Waals surface area contributed by atoms with Crippen molar-refractivity contribution in [3.8, 4) is 10.6 Å². The molecule has 1 aliphatic carbocycles. The van der Waals surface area contributed by atoms with E-state index in [1.165, 1.54) is 17.7 Å². The van der Waals surface area contributed by atoms with Gasteiger partial charge >= 0.3 is 0 Å². The topological polar surface area (TPSA) is 38.9 Å². The number of halogens is 1. The average molecular weight is 357 g/mol. The van der Waals surface area contributed by atoms with Crippen LogP contribution < -0.4 is 5.73 Å². The molecule has 19 heavy (non-hydrogen) atoms. The van der Waals surface area contributed by atoms with Crippen molar-refractivity contribution in [2.75, 3.05) is 0 Å². The number of thiazole rings is 1. The van der Waals surface area contributed by atoms with Crippen molar-refractivity contribution < 1.29 is 0 Å². The van der Waals surface area contributed by atoms with Crippen LogP contribution in [0.25, 0.3) is 10.6 Å². The van der Waals surface area contributed by atoms with Crippen LogP contribution in [0.3, 0.4) is 0 Å². The predicted octanol–water partition coefficient (Wildman–Crippen LogP) is 5.00. The molecule has 2 atom stereocenters. The van der Waals surface area contributed by atoms with Crippen LogP contribution in [0.5, 0.6) is 0 Å². The summed E-state index contributed by atoms with van der Waals surface area (Å²) in [6.45, 7) is 2.30. The summed E-state index contributed by atoms with van der Waals surface area (Å²) >= 11 is 6.94. The van der Waals surface area contributed by atoms with Crippen molar-refractivity contribution in [2.45, 2.75) is 38.1 Å². The van der Waals surface area contributed by atoms with E-state index in [0.717, 1.165) is 27.3 Å². The first-order chi connectivity index (χ1) is 9.07. The highest BCUT2D eigenvalue weighted by Crippen LogP contribution is 2.41. The second-order valence-corrected chi connectivity index (χ2v) is 8.82. The van der Waals surface area contributed by atoms with Gasteiger partial charge in [0.1, 0.15) is 5.01 Å². The van der Waals surface area contributed by atoms with Crippen molar-refractivity contribution in [2.24, 2.45) is 11.7 Å². The molecule has 0 saturated heterocycles. The van der Waals surface area contributed by atoms with E-state index in [1.807, 2.05) is 0 Å². The Morgan fingerprint density at radius 3 is 3.00 bits per heavy atom. The van der Waals surface area contributed by atoms with Crippen LogP contribution >= 0.6 is 38.6 Å². The van der Waals surface area contributed by atoms with E-state index < -0.39 is 0 Å². The summed E-state index contributed by atoms with van der Waals surface area (Å²) in [4.78, 5) is 6.02.